The van der Waals surface area contributed by atoms with Crippen LogP contribution in [0.25, 0.3) is 11.0 Å². The summed E-state index contributed by atoms with van der Waals surface area (Å²) < 4.78 is 5.43. The van der Waals surface area contributed by atoms with Crippen molar-refractivity contribution in [3.63, 3.8) is 0 Å². The van der Waals surface area contributed by atoms with Gasteiger partial charge in [-0.2, -0.15) is 0 Å². The minimum Gasteiger partial charge on any atom is -0.504 e. The number of ketones is 1. The molecule has 0 aliphatic rings. The highest BCUT2D eigenvalue weighted by Gasteiger charge is 2.22. The molecule has 1 N–H and O–H groups in total. The number of aromatic hydroxyl groups is 1. The van der Waals surface area contributed by atoms with Gasteiger partial charge in [0.2, 0.25) is 11.5 Å². The molecule has 0 saturated heterocycles. The molecule has 19 heavy (non-hydrogen) atoms. The Balaban J connectivity index is 2.16. The van der Waals surface area contributed by atoms with Crippen LogP contribution in [-0.2, 0) is 0 Å². The number of nitrogens with zero attached hydrogens (tertiary/aromatic N) is 1. The molecule has 1 aromatic carbocycles. The Kier molecular flexibility index (Phi) is 2.56. The number of pyridine rings is 1. The molecule has 4 heteroatoms. The molecular formula is C15H11NO3. The van der Waals surface area contributed by atoms with Gasteiger partial charge in [-0.3, -0.25) is 9.78 Å². The molecular weight excluding hydrogens is 242 g/mol. The monoisotopic (exact) mass is 253 g/mol. The van der Waals surface area contributed by atoms with Gasteiger partial charge in [0.1, 0.15) is 11.3 Å². The van der Waals surface area contributed by atoms with Crippen molar-refractivity contribution in [3.8, 4) is 5.75 Å². The second-order valence-corrected chi connectivity index (χ2v) is 4.32. The van der Waals surface area contributed by atoms with Crippen molar-refractivity contribution in [2.75, 3.05) is 0 Å². The first-order valence-electron chi connectivity index (χ1n) is 5.84. The van der Waals surface area contributed by atoms with Gasteiger partial charge in [-0.05, 0) is 31.2 Å². The number of aromatic nitrogens is 1. The van der Waals surface area contributed by atoms with Gasteiger partial charge in [-0.1, -0.05) is 17.7 Å². The number of fused-ring (bicyclic) bond motifs is 1. The van der Waals surface area contributed by atoms with E-state index < -0.39 is 5.78 Å². The van der Waals surface area contributed by atoms with Crippen molar-refractivity contribution in [2.24, 2.45) is 0 Å². The number of hydrogen-bond acceptors (Lipinski definition) is 4. The lowest BCUT2D eigenvalue weighted by Crippen LogP contribution is -2.02. The molecule has 0 bridgehead atoms. The third-order valence-corrected chi connectivity index (χ3v) is 2.92. The van der Waals surface area contributed by atoms with Gasteiger partial charge in [-0.25, -0.2) is 0 Å². The highest BCUT2D eigenvalue weighted by Crippen LogP contribution is 2.33. The number of furan rings is 1. The maximum Gasteiger partial charge on any atom is 0.250 e. The van der Waals surface area contributed by atoms with Crippen LogP contribution in [0, 0.1) is 6.92 Å². The van der Waals surface area contributed by atoms with Gasteiger partial charge < -0.3 is 9.52 Å². The zero-order chi connectivity index (χ0) is 13.4. The van der Waals surface area contributed by atoms with Gasteiger partial charge in [0.25, 0.3) is 0 Å². The average Bonchev–Trinajstić information content (AvgIpc) is 2.76. The van der Waals surface area contributed by atoms with Crippen molar-refractivity contribution in [3.05, 3.63) is 59.6 Å². The zero-order valence-electron chi connectivity index (χ0n) is 10.3. The van der Waals surface area contributed by atoms with E-state index in [2.05, 4.69) is 4.98 Å². The minimum atomic E-state index is -0.424. The fourth-order valence-electron chi connectivity index (χ4n) is 1.97. The molecule has 3 aromatic rings. The lowest BCUT2D eigenvalue weighted by Gasteiger charge is -1.96. The number of aryl methyl sites for hydroxylation is 1. The van der Waals surface area contributed by atoms with Crippen molar-refractivity contribution >= 4 is 16.8 Å². The summed E-state index contributed by atoms with van der Waals surface area (Å²) in [6.07, 6.45) is 1.52. The van der Waals surface area contributed by atoms with E-state index in [-0.39, 0.29) is 17.2 Å². The minimum absolute atomic E-state index is 0.0701. The molecule has 0 radical (unpaired) electrons. The summed E-state index contributed by atoms with van der Waals surface area (Å²) in [5.74, 6) is -0.624. The Morgan fingerprint density at radius 3 is 2.84 bits per heavy atom. The first kappa shape index (κ1) is 11.5. The van der Waals surface area contributed by atoms with E-state index in [1.165, 1.54) is 6.20 Å². The smallest absolute Gasteiger partial charge is 0.250 e. The summed E-state index contributed by atoms with van der Waals surface area (Å²) in [5.41, 5.74) is 1.72. The fraction of sp³-hybridized carbons (Fsp3) is 0.0667. The molecule has 0 fully saturated rings. The molecule has 0 aliphatic heterocycles. The Hall–Kier alpha value is -2.62. The molecule has 0 aliphatic carbocycles. The Morgan fingerprint density at radius 2 is 2.11 bits per heavy atom. The van der Waals surface area contributed by atoms with Gasteiger partial charge in [0, 0.05) is 6.20 Å². The van der Waals surface area contributed by atoms with Crippen molar-refractivity contribution in [2.45, 2.75) is 6.92 Å². The predicted octanol–water partition coefficient (Wildman–Crippen LogP) is 3.07. The zero-order valence-corrected chi connectivity index (χ0v) is 10.3. The topological polar surface area (TPSA) is 63.3 Å². The van der Waals surface area contributed by atoms with E-state index in [9.17, 15) is 9.90 Å². The van der Waals surface area contributed by atoms with Crippen molar-refractivity contribution in [1.82, 2.24) is 4.98 Å². The lowest BCUT2D eigenvalue weighted by atomic mass is 10.1. The molecule has 0 atom stereocenters. The maximum atomic E-state index is 12.2. The summed E-state index contributed by atoms with van der Waals surface area (Å²) in [5, 5.41) is 10.6. The highest BCUT2D eigenvalue weighted by molar-refractivity contribution is 6.10. The van der Waals surface area contributed by atoms with Gasteiger partial charge >= 0.3 is 0 Å². The van der Waals surface area contributed by atoms with E-state index in [4.69, 9.17) is 4.42 Å². The summed E-state index contributed by atoms with van der Waals surface area (Å²) >= 11 is 0. The molecule has 2 heterocycles. The predicted molar refractivity (Wildman–Crippen MR) is 70.3 cm³/mol. The quantitative estimate of drug-likeness (QED) is 0.713. The van der Waals surface area contributed by atoms with Crippen LogP contribution in [-0.4, -0.2) is 15.9 Å². The SMILES string of the molecule is Cc1ccc2oc(C(=O)c3ccccn3)c(O)c2c1. The van der Waals surface area contributed by atoms with E-state index >= 15 is 0 Å². The number of carbonyl (C=O) groups is 1. The van der Waals surface area contributed by atoms with Crippen LogP contribution < -0.4 is 0 Å². The van der Waals surface area contributed by atoms with Gasteiger partial charge in [0.15, 0.2) is 5.75 Å². The van der Waals surface area contributed by atoms with Crippen LogP contribution >= 0.6 is 0 Å². The van der Waals surface area contributed by atoms with E-state index in [1.807, 2.05) is 13.0 Å². The molecule has 0 saturated carbocycles. The van der Waals surface area contributed by atoms with Crippen LogP contribution in [0.5, 0.6) is 5.75 Å². The van der Waals surface area contributed by atoms with Gasteiger partial charge in [0.05, 0.1) is 5.39 Å². The van der Waals surface area contributed by atoms with Crippen LogP contribution in [0.1, 0.15) is 21.8 Å². The van der Waals surface area contributed by atoms with Crippen LogP contribution in [0.15, 0.2) is 47.0 Å². The second-order valence-electron chi connectivity index (χ2n) is 4.32. The Morgan fingerprint density at radius 1 is 1.26 bits per heavy atom. The Bertz CT molecular complexity index is 760. The van der Waals surface area contributed by atoms with Crippen LogP contribution in [0.2, 0.25) is 0 Å². The molecule has 3 rings (SSSR count). The van der Waals surface area contributed by atoms with Crippen LogP contribution in [0.3, 0.4) is 0 Å². The molecule has 4 nitrogen and oxygen atoms in total. The number of benzene rings is 1. The average molecular weight is 253 g/mol. The fourth-order valence-corrected chi connectivity index (χ4v) is 1.97. The highest BCUT2D eigenvalue weighted by atomic mass is 16.4. The van der Waals surface area contributed by atoms with E-state index in [1.54, 1.807) is 30.3 Å². The van der Waals surface area contributed by atoms with E-state index in [0.717, 1.165) is 5.56 Å². The molecule has 94 valence electrons. The number of carbonyl (C=O) groups excluding carboxylic acids is 1. The molecule has 0 unspecified atom stereocenters. The summed E-state index contributed by atoms with van der Waals surface area (Å²) in [6, 6.07) is 10.4. The lowest BCUT2D eigenvalue weighted by molar-refractivity contribution is 0.100. The molecule has 2 aromatic heterocycles. The first-order valence-corrected chi connectivity index (χ1v) is 5.84. The largest absolute Gasteiger partial charge is 0.504 e. The molecule has 0 amide bonds. The standard InChI is InChI=1S/C15H11NO3/c1-9-5-6-12-10(8-9)13(17)15(19-12)14(18)11-4-2-3-7-16-11/h2-8,17H,1H3. The number of hydrogen-bond donors (Lipinski definition) is 1. The molecule has 0 spiro atoms. The number of rotatable bonds is 2. The van der Waals surface area contributed by atoms with Gasteiger partial charge in [-0.15, -0.1) is 0 Å². The third-order valence-electron chi connectivity index (χ3n) is 2.92. The summed E-state index contributed by atoms with van der Waals surface area (Å²) in [6.45, 7) is 1.91. The summed E-state index contributed by atoms with van der Waals surface area (Å²) in [4.78, 5) is 16.2. The Labute approximate surface area is 109 Å². The van der Waals surface area contributed by atoms with Crippen LogP contribution in [0.4, 0.5) is 0 Å². The van der Waals surface area contributed by atoms with E-state index in [0.29, 0.717) is 11.0 Å². The van der Waals surface area contributed by atoms with Crippen molar-refractivity contribution in [1.29, 1.82) is 0 Å². The second kappa shape index (κ2) is 4.24. The normalized spacial score (nSPS) is 10.8. The third kappa shape index (κ3) is 1.87. The maximum absolute atomic E-state index is 12.2. The first-order chi connectivity index (χ1) is 9.16. The summed E-state index contributed by atoms with van der Waals surface area (Å²) in [7, 11) is 0. The van der Waals surface area contributed by atoms with Crippen molar-refractivity contribution < 1.29 is 14.3 Å².